The Morgan fingerprint density at radius 2 is 1.62 bits per heavy atom. The number of aliphatic hydroxyl groups is 1. The van der Waals surface area contributed by atoms with E-state index in [9.17, 15) is 5.11 Å². The Morgan fingerprint density at radius 1 is 0.897 bits per heavy atom. The molecule has 0 saturated carbocycles. The third kappa shape index (κ3) is 6.75. The topological polar surface area (TPSA) is 96.0 Å². The Morgan fingerprint density at radius 3 is 2.38 bits per heavy atom. The zero-order valence-electron chi connectivity index (χ0n) is 22.6. The zero-order valence-corrected chi connectivity index (χ0v) is 22.6. The SMILES string of the molecule is C[C@@H](OCC(O)CNC(C)(C)Cc1ccc2ccccc2c1)c1ccccc1-c1ccc(-c2nnn[nH]2)cc1. The van der Waals surface area contributed by atoms with Crippen LogP contribution in [0.25, 0.3) is 33.3 Å². The number of nitrogens with one attached hydrogen (secondary N) is 2. The summed E-state index contributed by atoms with van der Waals surface area (Å²) in [5.41, 5.74) is 5.27. The molecule has 0 amide bonds. The van der Waals surface area contributed by atoms with Crippen LogP contribution < -0.4 is 5.32 Å². The highest BCUT2D eigenvalue weighted by molar-refractivity contribution is 5.83. The molecular formula is C32H35N5O2. The summed E-state index contributed by atoms with van der Waals surface area (Å²) in [5, 5.41) is 30.8. The number of H-pyrrole nitrogens is 1. The number of fused-ring (bicyclic) bond motifs is 1. The van der Waals surface area contributed by atoms with Crippen LogP contribution in [0.15, 0.2) is 91.0 Å². The van der Waals surface area contributed by atoms with Crippen LogP contribution in [0.1, 0.15) is 38.0 Å². The van der Waals surface area contributed by atoms with Crippen molar-refractivity contribution in [1.29, 1.82) is 0 Å². The average molecular weight is 522 g/mol. The van der Waals surface area contributed by atoms with E-state index in [1.165, 1.54) is 16.3 Å². The predicted molar refractivity (Wildman–Crippen MR) is 155 cm³/mol. The molecule has 7 heteroatoms. The normalized spacial score (nSPS) is 13.4. The fourth-order valence-electron chi connectivity index (χ4n) is 4.92. The van der Waals surface area contributed by atoms with Crippen LogP contribution in [0.3, 0.4) is 0 Å². The summed E-state index contributed by atoms with van der Waals surface area (Å²) in [5.74, 6) is 0.634. The third-order valence-corrected chi connectivity index (χ3v) is 7.03. The first-order valence-corrected chi connectivity index (χ1v) is 13.3. The monoisotopic (exact) mass is 521 g/mol. The van der Waals surface area contributed by atoms with Crippen LogP contribution >= 0.6 is 0 Å². The van der Waals surface area contributed by atoms with Crippen LogP contribution in [0.5, 0.6) is 0 Å². The van der Waals surface area contributed by atoms with Crippen LogP contribution in [-0.4, -0.2) is 50.5 Å². The average Bonchev–Trinajstić information content (AvgIpc) is 3.50. The van der Waals surface area contributed by atoms with E-state index in [1.54, 1.807) is 0 Å². The maximum atomic E-state index is 10.7. The maximum absolute atomic E-state index is 10.7. The molecule has 3 N–H and O–H groups in total. The number of tetrazole rings is 1. The molecule has 1 unspecified atom stereocenters. The van der Waals surface area contributed by atoms with Crippen molar-refractivity contribution in [3.8, 4) is 22.5 Å². The molecule has 5 aromatic rings. The van der Waals surface area contributed by atoms with Gasteiger partial charge in [-0.1, -0.05) is 91.0 Å². The van der Waals surface area contributed by atoms with Crippen LogP contribution in [0.4, 0.5) is 0 Å². The lowest BCUT2D eigenvalue weighted by molar-refractivity contribution is -0.00397. The Kier molecular flexibility index (Phi) is 8.12. The summed E-state index contributed by atoms with van der Waals surface area (Å²) in [4.78, 5) is 0. The minimum absolute atomic E-state index is 0.171. The molecule has 5 rings (SSSR count). The fraction of sp³-hybridized carbons (Fsp3) is 0.281. The van der Waals surface area contributed by atoms with Gasteiger partial charge < -0.3 is 15.2 Å². The smallest absolute Gasteiger partial charge is 0.179 e. The Balaban J connectivity index is 1.16. The highest BCUT2D eigenvalue weighted by Gasteiger charge is 2.20. The number of rotatable bonds is 11. The van der Waals surface area contributed by atoms with Gasteiger partial charge >= 0.3 is 0 Å². The van der Waals surface area contributed by atoms with Gasteiger partial charge in [0, 0.05) is 17.6 Å². The molecule has 1 aromatic heterocycles. The van der Waals surface area contributed by atoms with Crippen molar-refractivity contribution in [2.24, 2.45) is 0 Å². The van der Waals surface area contributed by atoms with E-state index >= 15 is 0 Å². The van der Waals surface area contributed by atoms with Gasteiger partial charge in [0.15, 0.2) is 5.82 Å². The molecule has 200 valence electrons. The molecule has 1 heterocycles. The zero-order chi connectivity index (χ0) is 27.2. The quantitative estimate of drug-likeness (QED) is 0.205. The van der Waals surface area contributed by atoms with Crippen molar-refractivity contribution in [2.75, 3.05) is 13.2 Å². The van der Waals surface area contributed by atoms with Crippen molar-refractivity contribution in [1.82, 2.24) is 25.9 Å². The first-order valence-electron chi connectivity index (χ1n) is 13.3. The highest BCUT2D eigenvalue weighted by atomic mass is 16.5. The summed E-state index contributed by atoms with van der Waals surface area (Å²) in [6.45, 7) is 7.05. The molecule has 0 saturated heterocycles. The lowest BCUT2D eigenvalue weighted by atomic mass is 9.93. The number of aromatic amines is 1. The van der Waals surface area contributed by atoms with Gasteiger partial charge in [-0.25, -0.2) is 5.10 Å². The number of β-amino-alcohol motifs (C(OH)–C–C–N with tert-alkyl or cyclic N) is 1. The fourth-order valence-corrected chi connectivity index (χ4v) is 4.92. The van der Waals surface area contributed by atoms with E-state index < -0.39 is 6.10 Å². The summed E-state index contributed by atoms with van der Waals surface area (Å²) in [6.07, 6.45) is 0.0610. The van der Waals surface area contributed by atoms with E-state index in [0.29, 0.717) is 12.4 Å². The Bertz CT molecular complexity index is 1500. The van der Waals surface area contributed by atoms with E-state index in [-0.39, 0.29) is 18.2 Å². The van der Waals surface area contributed by atoms with Crippen LogP contribution in [0, 0.1) is 0 Å². The van der Waals surface area contributed by atoms with Gasteiger partial charge in [-0.15, -0.1) is 5.10 Å². The molecule has 2 atom stereocenters. The van der Waals surface area contributed by atoms with Gasteiger partial charge in [0.05, 0.1) is 18.8 Å². The molecule has 7 nitrogen and oxygen atoms in total. The second-order valence-corrected chi connectivity index (χ2v) is 10.7. The molecule has 0 aliphatic heterocycles. The van der Waals surface area contributed by atoms with Gasteiger partial charge in [0.25, 0.3) is 0 Å². The van der Waals surface area contributed by atoms with Crippen molar-refractivity contribution in [2.45, 2.75) is 44.9 Å². The summed E-state index contributed by atoms with van der Waals surface area (Å²) < 4.78 is 6.14. The Labute approximate surface area is 229 Å². The highest BCUT2D eigenvalue weighted by Crippen LogP contribution is 2.31. The number of benzene rings is 4. The number of ether oxygens (including phenoxy) is 1. The molecule has 0 bridgehead atoms. The van der Waals surface area contributed by atoms with Crippen LogP contribution in [0.2, 0.25) is 0 Å². The predicted octanol–water partition coefficient (Wildman–Crippen LogP) is 5.74. The van der Waals surface area contributed by atoms with Crippen molar-refractivity contribution < 1.29 is 9.84 Å². The van der Waals surface area contributed by atoms with E-state index in [4.69, 9.17) is 4.74 Å². The molecule has 0 fully saturated rings. The lowest BCUT2D eigenvalue weighted by Gasteiger charge is -2.28. The number of nitrogens with zero attached hydrogens (tertiary/aromatic N) is 3. The first-order chi connectivity index (χ1) is 18.9. The van der Waals surface area contributed by atoms with E-state index in [1.807, 2.05) is 31.2 Å². The van der Waals surface area contributed by atoms with E-state index in [0.717, 1.165) is 28.7 Å². The Hall–Kier alpha value is -3.91. The minimum atomic E-state index is -0.620. The second-order valence-electron chi connectivity index (χ2n) is 10.7. The molecule has 39 heavy (non-hydrogen) atoms. The first kappa shape index (κ1) is 26.7. The number of aliphatic hydroxyl groups excluding tert-OH is 1. The lowest BCUT2D eigenvalue weighted by Crippen LogP contribution is -2.46. The van der Waals surface area contributed by atoms with Gasteiger partial charge in [0.2, 0.25) is 0 Å². The van der Waals surface area contributed by atoms with Gasteiger partial charge in [0.1, 0.15) is 0 Å². The van der Waals surface area contributed by atoms with Crippen LogP contribution in [-0.2, 0) is 11.2 Å². The number of hydrogen-bond donors (Lipinski definition) is 3. The molecule has 0 radical (unpaired) electrons. The number of hydrogen-bond acceptors (Lipinski definition) is 6. The van der Waals surface area contributed by atoms with Gasteiger partial charge in [-0.05, 0) is 70.6 Å². The largest absolute Gasteiger partial charge is 0.389 e. The minimum Gasteiger partial charge on any atom is -0.389 e. The van der Waals surface area contributed by atoms with Crippen molar-refractivity contribution in [3.05, 3.63) is 102 Å². The molecule has 4 aromatic carbocycles. The van der Waals surface area contributed by atoms with Crippen molar-refractivity contribution >= 4 is 10.8 Å². The summed E-state index contributed by atoms with van der Waals surface area (Å²) in [6, 6.07) is 31.3. The number of aromatic nitrogens is 4. The summed E-state index contributed by atoms with van der Waals surface area (Å²) >= 11 is 0. The molecular weight excluding hydrogens is 486 g/mol. The van der Waals surface area contributed by atoms with Gasteiger partial charge in [-0.3, -0.25) is 0 Å². The molecule has 0 aliphatic carbocycles. The van der Waals surface area contributed by atoms with Crippen molar-refractivity contribution in [3.63, 3.8) is 0 Å². The maximum Gasteiger partial charge on any atom is 0.179 e. The summed E-state index contributed by atoms with van der Waals surface area (Å²) in [7, 11) is 0. The third-order valence-electron chi connectivity index (χ3n) is 7.03. The van der Waals surface area contributed by atoms with Gasteiger partial charge in [-0.2, -0.15) is 0 Å². The van der Waals surface area contributed by atoms with E-state index in [2.05, 4.69) is 107 Å². The molecule has 0 aliphatic rings. The molecule has 0 spiro atoms. The second kappa shape index (κ2) is 11.9. The standard InChI is InChI=1S/C32H35N5O2/c1-22(29-10-6-7-11-30(29)25-14-16-26(17-15-25)31-34-36-37-35-31)39-21-28(38)20-33-32(2,3)19-23-12-13-24-8-4-5-9-27(24)18-23/h4-18,22,28,33,38H,19-21H2,1-3H3,(H,34,35,36,37)/t22-,28?/m1/s1.